The fourth-order valence-electron chi connectivity index (χ4n) is 9.17. The van der Waals surface area contributed by atoms with Gasteiger partial charge in [0.1, 0.15) is 23.5 Å². The fourth-order valence-corrected chi connectivity index (χ4v) is 9.31. The minimum absolute atomic E-state index is 0.0477. The third-order valence-corrected chi connectivity index (χ3v) is 12.3. The Balaban J connectivity index is 0.912. The predicted octanol–water partition coefficient (Wildman–Crippen LogP) is 8.26. The molecule has 2 atom stereocenters. The van der Waals surface area contributed by atoms with Crippen LogP contribution in [0.2, 0.25) is 5.15 Å². The van der Waals surface area contributed by atoms with Crippen LogP contribution >= 0.6 is 11.6 Å². The number of aromatic nitrogens is 4. The normalized spacial score (nSPS) is 22.1. The number of benzene rings is 1. The van der Waals surface area contributed by atoms with E-state index in [1.807, 2.05) is 25.7 Å². The standard InChI is InChI=1S/C41H51ClFN7O3/c1-40(2,3)53-39(51)50-30-11-12-31(50)26-49(25-30)37-33-22-44-36(42)34(43)35(33)45-38(46-37)52-27-32-10-7-19-48(32)24-29-13-15-41(16-14-29)17-20-47(21-18-41)23-28-8-5-4-6-9-28/h4-10,19,22,29-31H,11-18,20-21,23-27H2,1-3H3/t30-,31-/m0/s1. The number of ether oxygens (including phenoxy) is 2. The van der Waals surface area contributed by atoms with E-state index >= 15 is 4.39 Å². The van der Waals surface area contributed by atoms with Crippen LogP contribution in [0.3, 0.4) is 0 Å². The van der Waals surface area contributed by atoms with E-state index in [-0.39, 0.29) is 41.5 Å². The van der Waals surface area contributed by atoms with E-state index in [4.69, 9.17) is 26.1 Å². The van der Waals surface area contributed by atoms with Gasteiger partial charge in [0.05, 0.1) is 23.2 Å². The number of carbonyl (C=O) groups excluding carboxylic acids is 1. The molecule has 4 aromatic rings. The van der Waals surface area contributed by atoms with Crippen molar-refractivity contribution in [2.45, 2.75) is 110 Å². The van der Waals surface area contributed by atoms with Gasteiger partial charge in [0.15, 0.2) is 11.0 Å². The van der Waals surface area contributed by atoms with Gasteiger partial charge in [0.25, 0.3) is 0 Å². The van der Waals surface area contributed by atoms with Gasteiger partial charge in [-0.25, -0.2) is 14.2 Å². The quantitative estimate of drug-likeness (QED) is 0.167. The molecule has 1 amide bonds. The molecule has 8 rings (SSSR count). The molecular weight excluding hydrogens is 693 g/mol. The Morgan fingerprint density at radius 2 is 1.68 bits per heavy atom. The van der Waals surface area contributed by atoms with Crippen molar-refractivity contribution in [2.75, 3.05) is 31.1 Å². The molecule has 3 saturated heterocycles. The number of fused-ring (bicyclic) bond motifs is 3. The van der Waals surface area contributed by atoms with Crippen LogP contribution in [0.15, 0.2) is 54.9 Å². The minimum Gasteiger partial charge on any atom is -0.457 e. The molecule has 12 heteroatoms. The number of amides is 1. The van der Waals surface area contributed by atoms with Gasteiger partial charge in [0, 0.05) is 38.6 Å². The van der Waals surface area contributed by atoms with Crippen LogP contribution in [0.5, 0.6) is 6.01 Å². The smallest absolute Gasteiger partial charge is 0.410 e. The van der Waals surface area contributed by atoms with Gasteiger partial charge >= 0.3 is 12.1 Å². The van der Waals surface area contributed by atoms with Gasteiger partial charge in [-0.05, 0) is 114 Å². The minimum atomic E-state index is -0.701. The SMILES string of the molecule is CC(C)(C)OC(=O)N1[C@H]2CC[C@H]1CN(c1nc(OCc3cccn3CC3CCC4(CC3)CCN(Cc3ccccc3)CC4)nc3c(F)c(Cl)ncc13)C2. The first-order valence-electron chi connectivity index (χ1n) is 19.3. The second-order valence-corrected chi connectivity index (χ2v) is 17.1. The lowest BCUT2D eigenvalue weighted by Gasteiger charge is -2.46. The Labute approximate surface area is 316 Å². The number of nitrogens with zero attached hydrogens (tertiary/aromatic N) is 7. The molecule has 0 radical (unpaired) electrons. The van der Waals surface area contributed by atoms with Crippen molar-refractivity contribution in [1.82, 2.24) is 29.3 Å². The van der Waals surface area contributed by atoms with Crippen LogP contribution in [0.1, 0.15) is 83.4 Å². The zero-order chi connectivity index (χ0) is 36.7. The van der Waals surface area contributed by atoms with Gasteiger partial charge in [0.2, 0.25) is 0 Å². The van der Waals surface area contributed by atoms with E-state index < -0.39 is 11.4 Å². The number of rotatable bonds is 8. The Morgan fingerprint density at radius 1 is 0.962 bits per heavy atom. The summed E-state index contributed by atoms with van der Waals surface area (Å²) < 4.78 is 29.7. The molecule has 3 aliphatic heterocycles. The predicted molar refractivity (Wildman–Crippen MR) is 204 cm³/mol. The first-order chi connectivity index (χ1) is 25.5. The fraction of sp³-hybridized carbons (Fsp3) is 0.561. The summed E-state index contributed by atoms with van der Waals surface area (Å²) in [5, 5.41) is 0.216. The average molecular weight is 744 g/mol. The van der Waals surface area contributed by atoms with Crippen LogP contribution in [0.25, 0.3) is 10.9 Å². The molecule has 282 valence electrons. The van der Waals surface area contributed by atoms with Crippen molar-refractivity contribution in [3.63, 3.8) is 0 Å². The van der Waals surface area contributed by atoms with Crippen molar-refractivity contribution in [3.8, 4) is 6.01 Å². The van der Waals surface area contributed by atoms with Crippen LogP contribution in [0.4, 0.5) is 15.0 Å². The van der Waals surface area contributed by atoms with E-state index in [2.05, 4.69) is 73.0 Å². The lowest BCUT2D eigenvalue weighted by Crippen LogP contribution is -2.57. The number of hydrogen-bond acceptors (Lipinski definition) is 8. The molecule has 1 spiro atoms. The molecule has 4 fully saturated rings. The molecule has 2 bridgehead atoms. The number of anilines is 1. The zero-order valence-corrected chi connectivity index (χ0v) is 31.9. The third-order valence-electron chi connectivity index (χ3n) is 12.0. The van der Waals surface area contributed by atoms with Gasteiger partial charge in [-0.1, -0.05) is 41.9 Å². The summed E-state index contributed by atoms with van der Waals surface area (Å²) >= 11 is 6.13. The van der Waals surface area contributed by atoms with Gasteiger partial charge in [-0.15, -0.1) is 0 Å². The van der Waals surface area contributed by atoms with E-state index in [9.17, 15) is 4.79 Å². The van der Waals surface area contributed by atoms with Gasteiger partial charge in [-0.3, -0.25) is 9.80 Å². The number of piperidine rings is 1. The number of halogens is 2. The topological polar surface area (TPSA) is 88.9 Å². The summed E-state index contributed by atoms with van der Waals surface area (Å²) in [6.07, 6.45) is 12.8. The largest absolute Gasteiger partial charge is 0.457 e. The van der Waals surface area contributed by atoms with Crippen molar-refractivity contribution in [2.24, 2.45) is 11.3 Å². The van der Waals surface area contributed by atoms with Crippen molar-refractivity contribution >= 4 is 34.4 Å². The first kappa shape index (κ1) is 36.0. The van der Waals surface area contributed by atoms with Crippen LogP contribution in [0, 0.1) is 17.2 Å². The molecule has 0 N–H and O–H groups in total. The number of carbonyl (C=O) groups is 1. The highest BCUT2D eigenvalue weighted by Gasteiger charge is 2.45. The highest BCUT2D eigenvalue weighted by atomic mass is 35.5. The summed E-state index contributed by atoms with van der Waals surface area (Å²) in [7, 11) is 0. The summed E-state index contributed by atoms with van der Waals surface area (Å²) in [5.74, 6) is 0.454. The maximum absolute atomic E-state index is 15.5. The molecule has 0 unspecified atom stereocenters. The molecule has 3 aromatic heterocycles. The molecule has 4 aliphatic rings. The molecule has 10 nitrogen and oxygen atoms in total. The van der Waals surface area contributed by atoms with Crippen LogP contribution < -0.4 is 9.64 Å². The second-order valence-electron chi connectivity index (χ2n) is 16.8. The summed E-state index contributed by atoms with van der Waals surface area (Å²) in [6.45, 7) is 11.3. The molecule has 53 heavy (non-hydrogen) atoms. The number of piperazine rings is 1. The molecule has 1 aromatic carbocycles. The number of likely N-dealkylation sites (tertiary alicyclic amines) is 1. The van der Waals surface area contributed by atoms with Gasteiger partial charge < -0.3 is 18.9 Å². The summed E-state index contributed by atoms with van der Waals surface area (Å²) in [5.41, 5.74) is 2.42. The monoisotopic (exact) mass is 743 g/mol. The lowest BCUT2D eigenvalue weighted by atomic mass is 9.65. The van der Waals surface area contributed by atoms with Crippen molar-refractivity contribution in [3.05, 3.63) is 77.1 Å². The van der Waals surface area contributed by atoms with Crippen molar-refractivity contribution < 1.29 is 18.7 Å². The highest BCUT2D eigenvalue weighted by Crippen LogP contribution is 2.47. The summed E-state index contributed by atoms with van der Waals surface area (Å²) in [4.78, 5) is 33.1. The van der Waals surface area contributed by atoms with E-state index in [0.717, 1.165) is 31.6 Å². The van der Waals surface area contributed by atoms with E-state index in [1.54, 1.807) is 0 Å². The van der Waals surface area contributed by atoms with E-state index in [1.165, 1.54) is 63.4 Å². The second kappa shape index (κ2) is 14.7. The lowest BCUT2D eigenvalue weighted by molar-refractivity contribution is 0.0122. The van der Waals surface area contributed by atoms with Crippen LogP contribution in [-0.2, 0) is 24.4 Å². The Hall–Kier alpha value is -3.96. The number of hydrogen-bond donors (Lipinski definition) is 0. The first-order valence-corrected chi connectivity index (χ1v) is 19.7. The highest BCUT2D eigenvalue weighted by molar-refractivity contribution is 6.30. The average Bonchev–Trinajstić information content (AvgIpc) is 3.70. The molecular formula is C41H51ClFN7O3. The van der Waals surface area contributed by atoms with Crippen molar-refractivity contribution in [1.29, 1.82) is 0 Å². The Bertz CT molecular complexity index is 1900. The molecule has 1 aliphatic carbocycles. The Morgan fingerprint density at radius 3 is 2.38 bits per heavy atom. The Kier molecular flexibility index (Phi) is 9.99. The number of pyridine rings is 1. The summed E-state index contributed by atoms with van der Waals surface area (Å²) in [6, 6.07) is 14.9. The third kappa shape index (κ3) is 7.83. The van der Waals surface area contributed by atoms with E-state index in [0.29, 0.717) is 35.6 Å². The van der Waals surface area contributed by atoms with Crippen LogP contribution in [-0.4, -0.2) is 79.3 Å². The zero-order valence-electron chi connectivity index (χ0n) is 31.1. The molecule has 6 heterocycles. The molecule has 1 saturated carbocycles. The van der Waals surface area contributed by atoms with Gasteiger partial charge in [-0.2, -0.15) is 9.97 Å². The maximum atomic E-state index is 15.5. The maximum Gasteiger partial charge on any atom is 0.410 e.